The maximum atomic E-state index is 12.9. The van der Waals surface area contributed by atoms with Gasteiger partial charge >= 0.3 is 0 Å². The van der Waals surface area contributed by atoms with Crippen molar-refractivity contribution in [3.05, 3.63) is 0 Å². The highest BCUT2D eigenvalue weighted by Gasteiger charge is 2.42. The van der Waals surface area contributed by atoms with E-state index in [1.54, 1.807) is 0 Å². The Balaban J connectivity index is 2.09. The summed E-state index contributed by atoms with van der Waals surface area (Å²) in [4.78, 5) is 17.1. The molecule has 20 heavy (non-hydrogen) atoms. The zero-order valence-corrected chi connectivity index (χ0v) is 12.9. The molecule has 1 atom stereocenters. The minimum absolute atomic E-state index is 0.0715. The molecule has 112 valence electrons. The fraction of sp³-hybridized carbons (Fsp3) is 0.875. The molecule has 0 aromatic carbocycles. The Morgan fingerprint density at radius 2 is 1.90 bits per heavy atom. The molecule has 1 unspecified atom stereocenters. The Bertz CT molecular complexity index is 380. The smallest absolute Gasteiger partial charge is 0.243 e. The van der Waals surface area contributed by atoms with Crippen molar-refractivity contribution in [3.8, 4) is 6.07 Å². The Kier molecular flexibility index (Phi) is 5.04. The lowest BCUT2D eigenvalue weighted by molar-refractivity contribution is -0.141. The zero-order valence-electron chi connectivity index (χ0n) is 12.9. The second-order valence-corrected chi connectivity index (χ2v) is 6.58. The quantitative estimate of drug-likeness (QED) is 0.728. The zero-order chi connectivity index (χ0) is 14.6. The van der Waals surface area contributed by atoms with Gasteiger partial charge in [-0.05, 0) is 39.3 Å². The molecule has 2 aliphatic rings. The number of carbonyl (C=O) groups excluding carboxylic acids is 1. The number of hydrogen-bond donors (Lipinski definition) is 0. The van der Waals surface area contributed by atoms with Crippen LogP contribution in [0.1, 0.15) is 51.4 Å². The standard InChI is InChI=1S/C16H27N3O/c1-18-11-7-8-14(12-18)19(2)15(20)16(13-17)9-5-3-4-6-10-16/h14H,3-12H2,1-2H3. The molecule has 0 aromatic heterocycles. The number of rotatable bonds is 2. The predicted octanol–water partition coefficient (Wildman–Crippen LogP) is 2.40. The molecule has 0 bridgehead atoms. The summed E-state index contributed by atoms with van der Waals surface area (Å²) in [6.07, 6.45) is 8.03. The third-order valence-electron chi connectivity index (χ3n) is 5.05. The number of hydrogen-bond acceptors (Lipinski definition) is 3. The van der Waals surface area contributed by atoms with Crippen molar-refractivity contribution < 1.29 is 4.79 Å². The summed E-state index contributed by atoms with van der Waals surface area (Å²) in [6, 6.07) is 2.66. The van der Waals surface area contributed by atoms with E-state index < -0.39 is 5.41 Å². The highest BCUT2D eigenvalue weighted by molar-refractivity contribution is 5.85. The van der Waals surface area contributed by atoms with E-state index in [1.165, 1.54) is 0 Å². The van der Waals surface area contributed by atoms with Crippen LogP contribution >= 0.6 is 0 Å². The van der Waals surface area contributed by atoms with E-state index in [2.05, 4.69) is 18.0 Å². The summed E-state index contributed by atoms with van der Waals surface area (Å²) in [7, 11) is 4.01. The van der Waals surface area contributed by atoms with Gasteiger partial charge in [-0.25, -0.2) is 0 Å². The van der Waals surface area contributed by atoms with E-state index in [-0.39, 0.29) is 11.9 Å². The summed E-state index contributed by atoms with van der Waals surface area (Å²) in [5.41, 5.74) is -0.749. The maximum absolute atomic E-state index is 12.9. The molecule has 4 heteroatoms. The van der Waals surface area contributed by atoms with Crippen molar-refractivity contribution in [1.29, 1.82) is 5.26 Å². The van der Waals surface area contributed by atoms with Crippen LogP contribution in [-0.4, -0.2) is 48.9 Å². The van der Waals surface area contributed by atoms with Crippen LogP contribution < -0.4 is 0 Å². The van der Waals surface area contributed by atoms with E-state index >= 15 is 0 Å². The number of nitrogens with zero attached hydrogens (tertiary/aromatic N) is 3. The lowest BCUT2D eigenvalue weighted by Crippen LogP contribution is -2.51. The molecule has 0 radical (unpaired) electrons. The van der Waals surface area contributed by atoms with Crippen LogP contribution in [0.25, 0.3) is 0 Å². The van der Waals surface area contributed by atoms with Gasteiger partial charge in [0.05, 0.1) is 6.07 Å². The lowest BCUT2D eigenvalue weighted by atomic mass is 9.80. The first-order valence-electron chi connectivity index (χ1n) is 7.96. The molecule has 1 heterocycles. The number of nitriles is 1. The minimum atomic E-state index is -0.749. The lowest BCUT2D eigenvalue weighted by Gasteiger charge is -2.39. The molecule has 1 amide bonds. The Labute approximate surface area is 122 Å². The number of amides is 1. The molecular formula is C16H27N3O. The van der Waals surface area contributed by atoms with Crippen molar-refractivity contribution >= 4 is 5.91 Å². The molecule has 1 saturated heterocycles. The fourth-order valence-corrected chi connectivity index (χ4v) is 3.66. The molecule has 1 aliphatic carbocycles. The van der Waals surface area contributed by atoms with Crippen LogP contribution in [0.15, 0.2) is 0 Å². The number of carbonyl (C=O) groups is 1. The molecule has 1 aliphatic heterocycles. The van der Waals surface area contributed by atoms with E-state index in [0.29, 0.717) is 0 Å². The molecule has 1 saturated carbocycles. The SMILES string of the molecule is CN1CCCC(N(C)C(=O)C2(C#N)CCCCCC2)C1. The molecule has 0 N–H and O–H groups in total. The van der Waals surface area contributed by atoms with Gasteiger partial charge in [-0.15, -0.1) is 0 Å². The monoisotopic (exact) mass is 277 g/mol. The second kappa shape index (κ2) is 6.58. The summed E-state index contributed by atoms with van der Waals surface area (Å²) >= 11 is 0. The van der Waals surface area contributed by atoms with E-state index in [0.717, 1.165) is 64.5 Å². The average molecular weight is 277 g/mol. The number of likely N-dealkylation sites (N-methyl/N-ethyl adjacent to an activating group) is 2. The van der Waals surface area contributed by atoms with Crippen molar-refractivity contribution in [3.63, 3.8) is 0 Å². The Morgan fingerprint density at radius 3 is 2.45 bits per heavy atom. The first-order valence-corrected chi connectivity index (χ1v) is 7.96. The van der Waals surface area contributed by atoms with Crippen LogP contribution in [0.2, 0.25) is 0 Å². The van der Waals surface area contributed by atoms with Crippen molar-refractivity contribution in [1.82, 2.24) is 9.80 Å². The topological polar surface area (TPSA) is 47.3 Å². The fourth-order valence-electron chi connectivity index (χ4n) is 3.66. The highest BCUT2D eigenvalue weighted by atomic mass is 16.2. The molecule has 0 aromatic rings. The van der Waals surface area contributed by atoms with Gasteiger partial charge in [0, 0.05) is 19.6 Å². The van der Waals surface area contributed by atoms with Crippen molar-refractivity contribution in [2.24, 2.45) is 5.41 Å². The van der Waals surface area contributed by atoms with Crippen LogP contribution in [0, 0.1) is 16.7 Å². The average Bonchev–Trinajstić information content (AvgIpc) is 2.72. The molecule has 2 rings (SSSR count). The van der Waals surface area contributed by atoms with Gasteiger partial charge < -0.3 is 9.80 Å². The first-order chi connectivity index (χ1) is 9.59. The number of likely N-dealkylation sites (tertiary alicyclic amines) is 1. The summed E-state index contributed by atoms with van der Waals surface area (Å²) in [5, 5.41) is 9.63. The summed E-state index contributed by atoms with van der Waals surface area (Å²) < 4.78 is 0. The van der Waals surface area contributed by atoms with Crippen LogP contribution in [0.4, 0.5) is 0 Å². The summed E-state index contributed by atoms with van der Waals surface area (Å²) in [5.74, 6) is 0.0715. The van der Waals surface area contributed by atoms with Gasteiger partial charge in [-0.1, -0.05) is 25.7 Å². The van der Waals surface area contributed by atoms with E-state index in [1.807, 2.05) is 11.9 Å². The number of piperidine rings is 1. The van der Waals surface area contributed by atoms with Crippen molar-refractivity contribution in [2.75, 3.05) is 27.2 Å². The van der Waals surface area contributed by atoms with Crippen molar-refractivity contribution in [2.45, 2.75) is 57.4 Å². The summed E-state index contributed by atoms with van der Waals surface area (Å²) in [6.45, 7) is 2.05. The van der Waals surface area contributed by atoms with Crippen LogP contribution in [0.3, 0.4) is 0 Å². The van der Waals surface area contributed by atoms with E-state index in [4.69, 9.17) is 0 Å². The van der Waals surface area contributed by atoms with Crippen LogP contribution in [-0.2, 0) is 4.79 Å². The molecule has 4 nitrogen and oxygen atoms in total. The molecule has 0 spiro atoms. The van der Waals surface area contributed by atoms with Gasteiger partial charge in [0.2, 0.25) is 5.91 Å². The van der Waals surface area contributed by atoms with Gasteiger partial charge in [0.1, 0.15) is 5.41 Å². The molecular weight excluding hydrogens is 250 g/mol. The first kappa shape index (κ1) is 15.3. The Morgan fingerprint density at radius 1 is 1.25 bits per heavy atom. The van der Waals surface area contributed by atoms with Gasteiger partial charge in [-0.2, -0.15) is 5.26 Å². The molecule has 2 fully saturated rings. The van der Waals surface area contributed by atoms with Crippen LogP contribution in [0.5, 0.6) is 0 Å². The normalized spacial score (nSPS) is 27.4. The van der Waals surface area contributed by atoms with Gasteiger partial charge in [0.25, 0.3) is 0 Å². The highest BCUT2D eigenvalue weighted by Crippen LogP contribution is 2.36. The van der Waals surface area contributed by atoms with Gasteiger partial charge in [0.15, 0.2) is 0 Å². The Hall–Kier alpha value is -1.08. The van der Waals surface area contributed by atoms with Gasteiger partial charge in [-0.3, -0.25) is 4.79 Å². The third kappa shape index (κ3) is 3.15. The second-order valence-electron chi connectivity index (χ2n) is 6.58. The maximum Gasteiger partial charge on any atom is 0.243 e. The van der Waals surface area contributed by atoms with E-state index in [9.17, 15) is 10.1 Å². The predicted molar refractivity (Wildman–Crippen MR) is 79.0 cm³/mol. The minimum Gasteiger partial charge on any atom is -0.340 e. The third-order valence-corrected chi connectivity index (χ3v) is 5.05. The largest absolute Gasteiger partial charge is 0.340 e.